The van der Waals surface area contributed by atoms with Gasteiger partial charge >= 0.3 is 0 Å². The standard InChI is InChI=1S/C15H18N2O/c1-11(2)10-17-15(18)12(3)9-14(16-17)13-7-5-4-6-8-13/h4-9,11H,10H2,1-3H3. The molecule has 0 saturated heterocycles. The highest BCUT2D eigenvalue weighted by atomic mass is 16.1. The van der Waals surface area contributed by atoms with Crippen LogP contribution in [-0.4, -0.2) is 9.78 Å². The average Bonchev–Trinajstić information content (AvgIpc) is 2.35. The summed E-state index contributed by atoms with van der Waals surface area (Å²) in [5.41, 5.74) is 2.64. The van der Waals surface area contributed by atoms with Gasteiger partial charge in [-0.05, 0) is 18.9 Å². The first kappa shape index (κ1) is 12.6. The molecule has 3 heteroatoms. The molecule has 18 heavy (non-hydrogen) atoms. The Bertz CT molecular complexity index is 585. The first-order valence-electron chi connectivity index (χ1n) is 6.22. The van der Waals surface area contributed by atoms with E-state index in [-0.39, 0.29) is 5.56 Å². The topological polar surface area (TPSA) is 34.9 Å². The summed E-state index contributed by atoms with van der Waals surface area (Å²) >= 11 is 0. The Balaban J connectivity index is 2.51. The van der Waals surface area contributed by atoms with Gasteiger partial charge in [-0.1, -0.05) is 44.2 Å². The second kappa shape index (κ2) is 5.17. The maximum atomic E-state index is 12.0. The molecule has 94 valence electrons. The van der Waals surface area contributed by atoms with Gasteiger partial charge in [-0.3, -0.25) is 4.79 Å². The van der Waals surface area contributed by atoms with Crippen LogP contribution in [0.3, 0.4) is 0 Å². The van der Waals surface area contributed by atoms with E-state index in [0.717, 1.165) is 16.8 Å². The maximum Gasteiger partial charge on any atom is 0.269 e. The lowest BCUT2D eigenvalue weighted by Crippen LogP contribution is -2.27. The minimum absolute atomic E-state index is 0.00313. The van der Waals surface area contributed by atoms with E-state index in [1.807, 2.05) is 43.3 Å². The Kier molecular flexibility index (Phi) is 3.60. The Morgan fingerprint density at radius 1 is 1.22 bits per heavy atom. The van der Waals surface area contributed by atoms with E-state index in [2.05, 4.69) is 18.9 Å². The summed E-state index contributed by atoms with van der Waals surface area (Å²) in [4.78, 5) is 12.0. The van der Waals surface area contributed by atoms with Crippen molar-refractivity contribution in [2.45, 2.75) is 27.3 Å². The molecule has 0 N–H and O–H groups in total. The van der Waals surface area contributed by atoms with Crippen molar-refractivity contribution in [1.29, 1.82) is 0 Å². The lowest BCUT2D eigenvalue weighted by molar-refractivity contribution is 0.463. The number of aromatic nitrogens is 2. The molecule has 0 fully saturated rings. The molecule has 0 aliphatic carbocycles. The van der Waals surface area contributed by atoms with Crippen LogP contribution in [-0.2, 0) is 6.54 Å². The van der Waals surface area contributed by atoms with Crippen LogP contribution in [0.5, 0.6) is 0 Å². The monoisotopic (exact) mass is 242 g/mol. The van der Waals surface area contributed by atoms with Crippen LogP contribution in [0.4, 0.5) is 0 Å². The van der Waals surface area contributed by atoms with Crippen molar-refractivity contribution in [2.24, 2.45) is 5.92 Å². The summed E-state index contributed by atoms with van der Waals surface area (Å²) in [7, 11) is 0. The van der Waals surface area contributed by atoms with Gasteiger partial charge < -0.3 is 0 Å². The van der Waals surface area contributed by atoms with Gasteiger partial charge in [-0.25, -0.2) is 4.68 Å². The van der Waals surface area contributed by atoms with Crippen molar-refractivity contribution in [2.75, 3.05) is 0 Å². The second-order valence-corrected chi connectivity index (χ2v) is 4.96. The highest BCUT2D eigenvalue weighted by Gasteiger charge is 2.07. The molecule has 1 aromatic heterocycles. The van der Waals surface area contributed by atoms with Crippen molar-refractivity contribution < 1.29 is 0 Å². The van der Waals surface area contributed by atoms with Crippen molar-refractivity contribution in [3.63, 3.8) is 0 Å². The highest BCUT2D eigenvalue weighted by Crippen LogP contribution is 2.15. The molecule has 2 rings (SSSR count). The third kappa shape index (κ3) is 2.67. The molecule has 0 spiro atoms. The maximum absolute atomic E-state index is 12.0. The van der Waals surface area contributed by atoms with Crippen LogP contribution in [0.25, 0.3) is 11.3 Å². The molecule has 1 heterocycles. The zero-order valence-electron chi connectivity index (χ0n) is 11.1. The average molecular weight is 242 g/mol. The molecule has 1 aromatic carbocycles. The third-order valence-electron chi connectivity index (χ3n) is 2.76. The molecular weight excluding hydrogens is 224 g/mol. The Morgan fingerprint density at radius 3 is 2.50 bits per heavy atom. The van der Waals surface area contributed by atoms with Crippen molar-refractivity contribution in [3.8, 4) is 11.3 Å². The molecule has 0 aliphatic rings. The molecule has 2 aromatic rings. The van der Waals surface area contributed by atoms with Gasteiger partial charge in [-0.2, -0.15) is 5.10 Å². The molecule has 3 nitrogen and oxygen atoms in total. The predicted octanol–water partition coefficient (Wildman–Crippen LogP) is 2.87. The van der Waals surface area contributed by atoms with Gasteiger partial charge in [0.25, 0.3) is 5.56 Å². The number of aryl methyl sites for hydroxylation is 1. The molecule has 0 radical (unpaired) electrons. The van der Waals surface area contributed by atoms with E-state index in [4.69, 9.17) is 0 Å². The molecule has 0 aliphatic heterocycles. The SMILES string of the molecule is Cc1cc(-c2ccccc2)nn(CC(C)C)c1=O. The van der Waals surface area contributed by atoms with E-state index in [1.54, 1.807) is 4.68 Å². The largest absolute Gasteiger partial charge is 0.269 e. The minimum Gasteiger partial charge on any atom is -0.268 e. The van der Waals surface area contributed by atoms with Gasteiger partial charge in [0, 0.05) is 17.7 Å². The first-order chi connectivity index (χ1) is 8.58. The predicted molar refractivity (Wildman–Crippen MR) is 73.5 cm³/mol. The Hall–Kier alpha value is -1.90. The first-order valence-corrected chi connectivity index (χ1v) is 6.22. The fourth-order valence-electron chi connectivity index (χ4n) is 1.89. The van der Waals surface area contributed by atoms with Gasteiger partial charge in [0.2, 0.25) is 0 Å². The van der Waals surface area contributed by atoms with Gasteiger partial charge in [0.1, 0.15) is 0 Å². The van der Waals surface area contributed by atoms with E-state index >= 15 is 0 Å². The van der Waals surface area contributed by atoms with E-state index in [1.165, 1.54) is 0 Å². The summed E-state index contributed by atoms with van der Waals surface area (Å²) in [5.74, 6) is 0.403. The quantitative estimate of drug-likeness (QED) is 0.829. The molecule has 0 saturated carbocycles. The lowest BCUT2D eigenvalue weighted by atomic mass is 10.1. The lowest BCUT2D eigenvalue weighted by Gasteiger charge is -2.10. The van der Waals surface area contributed by atoms with E-state index in [0.29, 0.717) is 12.5 Å². The number of nitrogens with zero attached hydrogens (tertiary/aromatic N) is 2. The highest BCUT2D eigenvalue weighted by molar-refractivity contribution is 5.58. The molecule has 0 amide bonds. The molecular formula is C15H18N2O. The zero-order chi connectivity index (χ0) is 13.1. The van der Waals surface area contributed by atoms with E-state index in [9.17, 15) is 4.79 Å². The summed E-state index contributed by atoms with van der Waals surface area (Å²) < 4.78 is 1.57. The number of hydrogen-bond donors (Lipinski definition) is 0. The second-order valence-electron chi connectivity index (χ2n) is 4.96. The fraction of sp³-hybridized carbons (Fsp3) is 0.333. The summed E-state index contributed by atoms with van der Waals surface area (Å²) in [6, 6.07) is 11.8. The van der Waals surface area contributed by atoms with Crippen LogP contribution < -0.4 is 5.56 Å². The molecule has 0 unspecified atom stereocenters. The normalized spacial score (nSPS) is 10.9. The van der Waals surface area contributed by atoms with Crippen LogP contribution >= 0.6 is 0 Å². The van der Waals surface area contributed by atoms with Crippen molar-refractivity contribution in [1.82, 2.24) is 9.78 Å². The van der Waals surface area contributed by atoms with Crippen molar-refractivity contribution in [3.05, 3.63) is 52.3 Å². The summed E-state index contributed by atoms with van der Waals surface area (Å²) in [5, 5.41) is 4.45. The van der Waals surface area contributed by atoms with Crippen molar-refractivity contribution >= 4 is 0 Å². The van der Waals surface area contributed by atoms with Gasteiger partial charge in [-0.15, -0.1) is 0 Å². The smallest absolute Gasteiger partial charge is 0.268 e. The van der Waals surface area contributed by atoms with Crippen LogP contribution in [0, 0.1) is 12.8 Å². The van der Waals surface area contributed by atoms with E-state index < -0.39 is 0 Å². The minimum atomic E-state index is 0.00313. The van der Waals surface area contributed by atoms with Crippen LogP contribution in [0.1, 0.15) is 19.4 Å². The number of benzene rings is 1. The van der Waals surface area contributed by atoms with Gasteiger partial charge in [0.15, 0.2) is 0 Å². The van der Waals surface area contributed by atoms with Gasteiger partial charge in [0.05, 0.1) is 5.69 Å². The summed E-state index contributed by atoms with van der Waals surface area (Å²) in [6.07, 6.45) is 0. The Labute approximate surface area is 107 Å². The third-order valence-corrected chi connectivity index (χ3v) is 2.76. The van der Waals surface area contributed by atoms with Crippen LogP contribution in [0.2, 0.25) is 0 Å². The molecule has 0 bridgehead atoms. The molecule has 0 atom stereocenters. The zero-order valence-corrected chi connectivity index (χ0v) is 11.1. The number of hydrogen-bond acceptors (Lipinski definition) is 2. The Morgan fingerprint density at radius 2 is 1.89 bits per heavy atom. The number of rotatable bonds is 3. The fourth-order valence-corrected chi connectivity index (χ4v) is 1.89. The summed E-state index contributed by atoms with van der Waals surface area (Å²) in [6.45, 7) is 6.66. The van der Waals surface area contributed by atoms with Crippen LogP contribution in [0.15, 0.2) is 41.2 Å².